The van der Waals surface area contributed by atoms with Crippen molar-refractivity contribution in [2.45, 2.75) is 19.3 Å². The lowest BCUT2D eigenvalue weighted by Crippen LogP contribution is -2.16. The van der Waals surface area contributed by atoms with Crippen LogP contribution in [0.4, 0.5) is 17.1 Å². The van der Waals surface area contributed by atoms with Gasteiger partial charge in [0.25, 0.3) is 0 Å². The molecule has 0 N–H and O–H groups in total. The average molecular weight is 783 g/mol. The monoisotopic (exact) mass is 782 g/mol. The van der Waals surface area contributed by atoms with E-state index in [0.717, 1.165) is 71.8 Å². The minimum absolute atomic E-state index is 0.144. The summed E-state index contributed by atoms with van der Waals surface area (Å²) in [5, 5.41) is 6.49. The molecule has 2 aromatic heterocycles. The van der Waals surface area contributed by atoms with E-state index < -0.39 is 0 Å². The first-order valence-corrected chi connectivity index (χ1v) is 20.8. The summed E-state index contributed by atoms with van der Waals surface area (Å²) in [5.74, 6) is 1.82. The molecule has 0 saturated heterocycles. The summed E-state index contributed by atoms with van der Waals surface area (Å²) in [7, 11) is 0. The van der Waals surface area contributed by atoms with Gasteiger partial charge in [-0.2, -0.15) is 0 Å². The molecule has 0 amide bonds. The number of para-hydroxylation sites is 1. The van der Waals surface area contributed by atoms with Gasteiger partial charge in [-0.05, 0) is 74.8 Å². The quantitative estimate of drug-likeness (QED) is 0.168. The molecule has 1 aliphatic carbocycles. The van der Waals surface area contributed by atoms with Crippen molar-refractivity contribution in [3.05, 3.63) is 205 Å². The lowest BCUT2D eigenvalue weighted by molar-refractivity contribution is 0.660. The van der Waals surface area contributed by atoms with E-state index >= 15 is 0 Å². The van der Waals surface area contributed by atoms with E-state index in [1.807, 2.05) is 42.5 Å². The molecule has 288 valence electrons. The molecule has 11 aromatic rings. The lowest BCUT2D eigenvalue weighted by atomic mass is 9.82. The number of anilines is 3. The van der Waals surface area contributed by atoms with Gasteiger partial charge in [0.2, 0.25) is 0 Å². The minimum Gasteiger partial charge on any atom is -0.456 e. The molecule has 12 rings (SSSR count). The van der Waals surface area contributed by atoms with Gasteiger partial charge >= 0.3 is 0 Å². The molecule has 0 aliphatic heterocycles. The minimum atomic E-state index is -0.144. The molecule has 0 atom stereocenters. The van der Waals surface area contributed by atoms with Crippen LogP contribution >= 0.6 is 0 Å². The summed E-state index contributed by atoms with van der Waals surface area (Å²) in [4.78, 5) is 17.9. The highest BCUT2D eigenvalue weighted by Crippen LogP contribution is 2.52. The summed E-state index contributed by atoms with van der Waals surface area (Å²) in [6.45, 7) is 4.67. The number of fused-ring (bicyclic) bond motifs is 9. The lowest BCUT2D eigenvalue weighted by Gasteiger charge is -2.29. The Morgan fingerprint density at radius 1 is 0.410 bits per heavy atom. The Hall–Kier alpha value is -7.89. The van der Waals surface area contributed by atoms with Gasteiger partial charge in [-0.25, -0.2) is 15.0 Å². The molecule has 5 heteroatoms. The predicted octanol–water partition coefficient (Wildman–Crippen LogP) is 14.9. The Labute approximate surface area is 353 Å². The third-order valence-corrected chi connectivity index (χ3v) is 12.5. The Kier molecular flexibility index (Phi) is 7.81. The maximum atomic E-state index is 6.91. The second kappa shape index (κ2) is 13.6. The number of aromatic nitrogens is 3. The van der Waals surface area contributed by atoms with E-state index in [1.54, 1.807) is 0 Å². The van der Waals surface area contributed by atoms with Gasteiger partial charge in [-0.15, -0.1) is 0 Å². The summed E-state index contributed by atoms with van der Waals surface area (Å²) < 4.78 is 6.91. The second-order valence-corrected chi connectivity index (χ2v) is 16.4. The van der Waals surface area contributed by atoms with Crippen LogP contribution < -0.4 is 4.90 Å². The predicted molar refractivity (Wildman–Crippen MR) is 251 cm³/mol. The largest absolute Gasteiger partial charge is 0.456 e. The maximum absolute atomic E-state index is 6.91. The molecule has 9 aromatic carbocycles. The van der Waals surface area contributed by atoms with Gasteiger partial charge in [0.15, 0.2) is 17.5 Å². The van der Waals surface area contributed by atoms with Crippen molar-refractivity contribution in [2.75, 3.05) is 4.90 Å². The number of benzene rings is 9. The Morgan fingerprint density at radius 3 is 1.90 bits per heavy atom. The van der Waals surface area contributed by atoms with E-state index in [4.69, 9.17) is 19.4 Å². The zero-order chi connectivity index (χ0) is 40.7. The molecular weight excluding hydrogens is 745 g/mol. The van der Waals surface area contributed by atoms with Crippen molar-refractivity contribution in [3.8, 4) is 45.3 Å². The van der Waals surface area contributed by atoms with Crippen LogP contribution in [0, 0.1) is 0 Å². The molecule has 0 unspecified atom stereocenters. The van der Waals surface area contributed by atoms with Crippen molar-refractivity contribution < 1.29 is 4.42 Å². The standard InChI is InChI=1S/C56H38N4O/c1-56(2)46-26-14-13-22-41(46)42-31-30-40(33-47(42)56)60(39-20-7-4-8-21-39)48-34-50-51(44-24-12-11-23-43(44)48)52-45(25-15-27-49(52)61-50)55-58-53(36-17-5-3-6-18-36)57-54(59-55)38-29-28-35-16-9-10-19-37(35)32-38/h3-34H,1-2H3. The van der Waals surface area contributed by atoms with Crippen LogP contribution in [0.1, 0.15) is 25.0 Å². The van der Waals surface area contributed by atoms with Crippen molar-refractivity contribution in [1.82, 2.24) is 15.0 Å². The normalized spacial score (nSPS) is 12.9. The molecule has 0 bridgehead atoms. The fourth-order valence-corrected chi connectivity index (χ4v) is 9.54. The van der Waals surface area contributed by atoms with E-state index in [-0.39, 0.29) is 5.41 Å². The van der Waals surface area contributed by atoms with E-state index in [0.29, 0.717) is 17.5 Å². The van der Waals surface area contributed by atoms with E-state index in [9.17, 15) is 0 Å². The van der Waals surface area contributed by atoms with Crippen LogP contribution in [-0.2, 0) is 5.41 Å². The van der Waals surface area contributed by atoms with Crippen molar-refractivity contribution in [1.29, 1.82) is 0 Å². The third-order valence-electron chi connectivity index (χ3n) is 12.5. The third kappa shape index (κ3) is 5.58. The van der Waals surface area contributed by atoms with Crippen molar-refractivity contribution in [3.63, 3.8) is 0 Å². The molecular formula is C56H38N4O. The molecule has 0 fully saturated rings. The van der Waals surface area contributed by atoms with E-state index in [2.05, 4.69) is 170 Å². The highest BCUT2D eigenvalue weighted by Gasteiger charge is 2.36. The summed E-state index contributed by atoms with van der Waals surface area (Å²) in [6.07, 6.45) is 0. The first-order chi connectivity index (χ1) is 30.0. The number of hydrogen-bond donors (Lipinski definition) is 0. The average Bonchev–Trinajstić information content (AvgIpc) is 3.81. The zero-order valence-corrected chi connectivity index (χ0v) is 33.7. The first-order valence-electron chi connectivity index (χ1n) is 20.8. The first kappa shape index (κ1) is 35.1. The van der Waals surface area contributed by atoms with Crippen LogP contribution in [0.15, 0.2) is 199 Å². The fraction of sp³-hybridized carbons (Fsp3) is 0.0536. The number of furan rings is 1. The van der Waals surface area contributed by atoms with Gasteiger partial charge < -0.3 is 9.32 Å². The van der Waals surface area contributed by atoms with Gasteiger partial charge in [0, 0.05) is 55.7 Å². The highest BCUT2D eigenvalue weighted by molar-refractivity contribution is 6.25. The van der Waals surface area contributed by atoms with Crippen LogP contribution in [0.2, 0.25) is 0 Å². The van der Waals surface area contributed by atoms with Gasteiger partial charge in [0.05, 0.1) is 5.69 Å². The number of rotatable bonds is 6. The van der Waals surface area contributed by atoms with Crippen LogP contribution in [0.5, 0.6) is 0 Å². The van der Waals surface area contributed by atoms with Crippen molar-refractivity contribution >= 4 is 60.5 Å². The fourth-order valence-electron chi connectivity index (χ4n) is 9.54. The van der Waals surface area contributed by atoms with Gasteiger partial charge in [0.1, 0.15) is 11.2 Å². The molecule has 0 radical (unpaired) electrons. The SMILES string of the molecule is CC1(C)c2ccccc2-c2ccc(N(c3ccccc3)c3cc4oc5cccc(-c6nc(-c7ccccc7)nc(-c7ccc8ccccc8c7)n6)c5c4c4ccccc34)cc21. The number of nitrogens with zero attached hydrogens (tertiary/aromatic N) is 4. The van der Waals surface area contributed by atoms with Crippen molar-refractivity contribution in [2.24, 2.45) is 0 Å². The smallest absolute Gasteiger partial charge is 0.164 e. The Bertz CT molecular complexity index is 3520. The van der Waals surface area contributed by atoms with Gasteiger partial charge in [-0.3, -0.25) is 0 Å². The van der Waals surface area contributed by atoms with Crippen LogP contribution in [0.25, 0.3) is 88.8 Å². The maximum Gasteiger partial charge on any atom is 0.164 e. The zero-order valence-electron chi connectivity index (χ0n) is 33.7. The Balaban J connectivity index is 1.08. The number of hydrogen-bond acceptors (Lipinski definition) is 5. The summed E-state index contributed by atoms with van der Waals surface area (Å²) >= 11 is 0. The molecule has 1 aliphatic rings. The van der Waals surface area contributed by atoms with Crippen LogP contribution in [-0.4, -0.2) is 15.0 Å². The van der Waals surface area contributed by atoms with Crippen LogP contribution in [0.3, 0.4) is 0 Å². The molecule has 61 heavy (non-hydrogen) atoms. The molecule has 0 spiro atoms. The highest BCUT2D eigenvalue weighted by atomic mass is 16.3. The van der Waals surface area contributed by atoms with Gasteiger partial charge in [-0.1, -0.05) is 166 Å². The summed E-state index contributed by atoms with van der Waals surface area (Å²) in [6, 6.07) is 68.4. The van der Waals surface area contributed by atoms with E-state index in [1.165, 1.54) is 27.6 Å². The summed E-state index contributed by atoms with van der Waals surface area (Å²) in [5.41, 5.74) is 12.6. The topological polar surface area (TPSA) is 55.1 Å². The second-order valence-electron chi connectivity index (χ2n) is 16.4. The Morgan fingerprint density at radius 2 is 1.07 bits per heavy atom. The molecule has 5 nitrogen and oxygen atoms in total. The molecule has 0 saturated carbocycles. The molecule has 2 heterocycles.